The highest BCUT2D eigenvalue weighted by Gasteiger charge is 2.10. The van der Waals surface area contributed by atoms with Crippen molar-refractivity contribution >= 4 is 5.91 Å². The van der Waals surface area contributed by atoms with Crippen molar-refractivity contribution in [2.75, 3.05) is 14.2 Å². The Morgan fingerprint density at radius 2 is 1.58 bits per heavy atom. The lowest BCUT2D eigenvalue weighted by Gasteiger charge is -2.13. The third-order valence-corrected chi connectivity index (χ3v) is 4.12. The summed E-state index contributed by atoms with van der Waals surface area (Å²) in [4.78, 5) is 12.2. The summed E-state index contributed by atoms with van der Waals surface area (Å²) in [6, 6.07) is 9.81. The number of aryl methyl sites for hydroxylation is 3. The van der Waals surface area contributed by atoms with E-state index in [1.807, 2.05) is 18.2 Å². The molecule has 0 saturated carbocycles. The molecular weight excluding hydrogens is 302 g/mol. The zero-order valence-corrected chi connectivity index (χ0v) is 15.0. The number of benzene rings is 2. The molecule has 24 heavy (non-hydrogen) atoms. The van der Waals surface area contributed by atoms with Crippen molar-refractivity contribution in [1.29, 1.82) is 0 Å². The molecule has 0 radical (unpaired) electrons. The summed E-state index contributed by atoms with van der Waals surface area (Å²) in [5, 5.41) is 3.00. The van der Waals surface area contributed by atoms with Crippen molar-refractivity contribution in [2.45, 2.75) is 33.7 Å². The summed E-state index contributed by atoms with van der Waals surface area (Å²) in [7, 11) is 3.18. The molecule has 4 nitrogen and oxygen atoms in total. The van der Waals surface area contributed by atoms with Crippen LogP contribution in [0, 0.1) is 20.8 Å². The van der Waals surface area contributed by atoms with Crippen LogP contribution in [-0.2, 0) is 17.8 Å². The van der Waals surface area contributed by atoms with Gasteiger partial charge in [0.15, 0.2) is 11.5 Å². The van der Waals surface area contributed by atoms with Crippen molar-refractivity contribution < 1.29 is 14.3 Å². The molecule has 1 N–H and O–H groups in total. The second-order valence-corrected chi connectivity index (χ2v) is 6.02. The van der Waals surface area contributed by atoms with E-state index < -0.39 is 0 Å². The molecule has 0 saturated heterocycles. The van der Waals surface area contributed by atoms with Gasteiger partial charge in [0.1, 0.15) is 0 Å². The molecule has 0 aliphatic heterocycles. The van der Waals surface area contributed by atoms with Gasteiger partial charge in [-0.1, -0.05) is 23.8 Å². The van der Waals surface area contributed by atoms with Gasteiger partial charge in [-0.05, 0) is 55.2 Å². The quantitative estimate of drug-likeness (QED) is 0.883. The second-order valence-electron chi connectivity index (χ2n) is 6.02. The highest BCUT2D eigenvalue weighted by molar-refractivity contribution is 5.78. The van der Waals surface area contributed by atoms with Crippen LogP contribution in [0.25, 0.3) is 0 Å². The highest BCUT2D eigenvalue weighted by atomic mass is 16.5. The molecule has 0 atom stereocenters. The monoisotopic (exact) mass is 327 g/mol. The van der Waals surface area contributed by atoms with Gasteiger partial charge in [-0.2, -0.15) is 0 Å². The molecule has 0 bridgehead atoms. The van der Waals surface area contributed by atoms with Gasteiger partial charge in [0.2, 0.25) is 5.91 Å². The standard InChI is InChI=1S/C20H25NO3/c1-13-8-14(2)17(15(3)9-13)12-21-20(22)11-16-6-7-18(23-4)19(10-16)24-5/h6-10H,11-12H2,1-5H3,(H,21,22). The number of amides is 1. The Labute approximate surface area is 143 Å². The molecule has 0 spiro atoms. The molecule has 0 fully saturated rings. The third kappa shape index (κ3) is 4.28. The number of nitrogens with one attached hydrogen (secondary N) is 1. The second kappa shape index (κ2) is 7.86. The minimum atomic E-state index is -0.0124. The zero-order chi connectivity index (χ0) is 17.7. The van der Waals surface area contributed by atoms with Crippen molar-refractivity contribution in [3.63, 3.8) is 0 Å². The Hall–Kier alpha value is -2.49. The number of carbonyl (C=O) groups is 1. The number of hydrogen-bond donors (Lipinski definition) is 1. The van der Waals surface area contributed by atoms with Gasteiger partial charge in [-0.25, -0.2) is 0 Å². The lowest BCUT2D eigenvalue weighted by Crippen LogP contribution is -2.25. The van der Waals surface area contributed by atoms with Crippen molar-refractivity contribution in [1.82, 2.24) is 5.32 Å². The molecule has 4 heteroatoms. The van der Waals surface area contributed by atoms with Gasteiger partial charge in [-0.3, -0.25) is 4.79 Å². The average Bonchev–Trinajstić information content (AvgIpc) is 2.53. The number of methoxy groups -OCH3 is 2. The molecule has 0 aromatic heterocycles. The van der Waals surface area contributed by atoms with Crippen LogP contribution in [0.2, 0.25) is 0 Å². The van der Waals surface area contributed by atoms with Crippen molar-refractivity contribution in [3.8, 4) is 11.5 Å². The highest BCUT2D eigenvalue weighted by Crippen LogP contribution is 2.27. The summed E-state index contributed by atoms with van der Waals surface area (Å²) in [5.74, 6) is 1.28. The summed E-state index contributed by atoms with van der Waals surface area (Å²) < 4.78 is 10.5. The van der Waals surface area contributed by atoms with E-state index in [4.69, 9.17) is 9.47 Å². The van der Waals surface area contributed by atoms with Gasteiger partial charge < -0.3 is 14.8 Å². The fourth-order valence-corrected chi connectivity index (χ4v) is 2.91. The van der Waals surface area contributed by atoms with Crippen LogP contribution in [0.3, 0.4) is 0 Å². The first-order valence-electron chi connectivity index (χ1n) is 7.99. The van der Waals surface area contributed by atoms with Crippen LogP contribution in [0.5, 0.6) is 11.5 Å². The van der Waals surface area contributed by atoms with Crippen LogP contribution in [0.15, 0.2) is 30.3 Å². The lowest BCUT2D eigenvalue weighted by molar-refractivity contribution is -0.120. The molecule has 0 unspecified atom stereocenters. The predicted molar refractivity (Wildman–Crippen MR) is 95.7 cm³/mol. The fourth-order valence-electron chi connectivity index (χ4n) is 2.91. The average molecular weight is 327 g/mol. The number of carbonyl (C=O) groups excluding carboxylic acids is 1. The van der Waals surface area contributed by atoms with E-state index in [-0.39, 0.29) is 5.91 Å². The topological polar surface area (TPSA) is 47.6 Å². The molecule has 0 aliphatic carbocycles. The lowest BCUT2D eigenvalue weighted by atomic mass is 10.00. The molecular formula is C20H25NO3. The number of rotatable bonds is 6. The minimum Gasteiger partial charge on any atom is -0.493 e. The van der Waals surface area contributed by atoms with Gasteiger partial charge in [0.05, 0.1) is 20.6 Å². The molecule has 128 valence electrons. The smallest absolute Gasteiger partial charge is 0.224 e. The summed E-state index contributed by atoms with van der Waals surface area (Å²) in [6.45, 7) is 6.79. The maximum absolute atomic E-state index is 12.2. The van der Waals surface area contributed by atoms with E-state index >= 15 is 0 Å². The first-order valence-corrected chi connectivity index (χ1v) is 7.99. The van der Waals surface area contributed by atoms with E-state index in [9.17, 15) is 4.79 Å². The van der Waals surface area contributed by atoms with Crippen LogP contribution >= 0.6 is 0 Å². The van der Waals surface area contributed by atoms with Crippen molar-refractivity contribution in [2.24, 2.45) is 0 Å². The first kappa shape index (κ1) is 17.9. The maximum Gasteiger partial charge on any atom is 0.224 e. The minimum absolute atomic E-state index is 0.0124. The SMILES string of the molecule is COc1ccc(CC(=O)NCc2c(C)cc(C)cc2C)cc1OC. The van der Waals surface area contributed by atoms with E-state index in [2.05, 4.69) is 38.2 Å². The van der Waals surface area contributed by atoms with Crippen LogP contribution < -0.4 is 14.8 Å². The summed E-state index contributed by atoms with van der Waals surface area (Å²) >= 11 is 0. The number of hydrogen-bond acceptors (Lipinski definition) is 3. The Morgan fingerprint density at radius 1 is 0.958 bits per heavy atom. The van der Waals surface area contributed by atoms with E-state index in [1.165, 1.54) is 22.3 Å². The Balaban J connectivity index is 2.02. The maximum atomic E-state index is 12.2. The van der Waals surface area contributed by atoms with Gasteiger partial charge in [0.25, 0.3) is 0 Å². The third-order valence-electron chi connectivity index (χ3n) is 4.12. The number of ether oxygens (including phenoxy) is 2. The largest absolute Gasteiger partial charge is 0.493 e. The molecule has 2 aromatic rings. The predicted octanol–water partition coefficient (Wildman–Crippen LogP) is 3.49. The summed E-state index contributed by atoms with van der Waals surface area (Å²) in [5.41, 5.74) is 5.73. The Bertz CT molecular complexity index is 715. The Morgan fingerprint density at radius 3 is 2.17 bits per heavy atom. The van der Waals surface area contributed by atoms with Crippen LogP contribution in [0.4, 0.5) is 0 Å². The normalized spacial score (nSPS) is 10.4. The zero-order valence-electron chi connectivity index (χ0n) is 15.0. The molecule has 2 aromatic carbocycles. The van der Waals surface area contributed by atoms with E-state index in [0.29, 0.717) is 24.5 Å². The fraction of sp³-hybridized carbons (Fsp3) is 0.350. The molecule has 2 rings (SSSR count). The van der Waals surface area contributed by atoms with Crippen molar-refractivity contribution in [3.05, 3.63) is 58.1 Å². The van der Waals surface area contributed by atoms with Gasteiger partial charge >= 0.3 is 0 Å². The van der Waals surface area contributed by atoms with Gasteiger partial charge in [0, 0.05) is 6.54 Å². The first-order chi connectivity index (χ1) is 11.4. The van der Waals surface area contributed by atoms with Crippen LogP contribution in [0.1, 0.15) is 27.8 Å². The summed E-state index contributed by atoms with van der Waals surface area (Å²) in [6.07, 6.45) is 0.310. The van der Waals surface area contributed by atoms with E-state index in [1.54, 1.807) is 14.2 Å². The van der Waals surface area contributed by atoms with Crippen LogP contribution in [-0.4, -0.2) is 20.1 Å². The van der Waals surface area contributed by atoms with Gasteiger partial charge in [-0.15, -0.1) is 0 Å². The van der Waals surface area contributed by atoms with E-state index in [0.717, 1.165) is 5.56 Å². The molecule has 0 heterocycles. The molecule has 1 amide bonds. The Kier molecular flexibility index (Phi) is 5.85. The molecule has 0 aliphatic rings.